The van der Waals surface area contributed by atoms with Crippen LogP contribution >= 0.6 is 35.3 Å². The van der Waals surface area contributed by atoms with Gasteiger partial charge in [-0.15, -0.1) is 35.3 Å². The Morgan fingerprint density at radius 1 is 1.26 bits per heavy atom. The molecule has 0 bridgehead atoms. The molecular formula is C19H22FIN4OS. The first-order valence-corrected chi connectivity index (χ1v) is 9.37. The summed E-state index contributed by atoms with van der Waals surface area (Å²) < 4.78 is 18.7. The summed E-state index contributed by atoms with van der Waals surface area (Å²) in [6.07, 6.45) is 2.35. The zero-order chi connectivity index (χ0) is 18.2. The van der Waals surface area contributed by atoms with Crippen molar-refractivity contribution >= 4 is 41.3 Å². The van der Waals surface area contributed by atoms with E-state index in [2.05, 4.69) is 20.6 Å². The Balaban J connectivity index is 0.00000261. The minimum Gasteiger partial charge on any atom is -0.443 e. The number of aromatic nitrogens is 1. The fraction of sp³-hybridized carbons (Fsp3) is 0.263. The van der Waals surface area contributed by atoms with Crippen LogP contribution in [0.2, 0.25) is 0 Å². The Bertz CT molecular complexity index is 851. The minimum atomic E-state index is -0.212. The van der Waals surface area contributed by atoms with Gasteiger partial charge in [0.2, 0.25) is 5.89 Å². The van der Waals surface area contributed by atoms with Crippen molar-refractivity contribution in [1.82, 2.24) is 15.6 Å². The number of rotatable bonds is 7. The number of oxazole rings is 1. The fourth-order valence-electron chi connectivity index (χ4n) is 2.41. The molecule has 0 saturated carbocycles. The third kappa shape index (κ3) is 6.62. The predicted molar refractivity (Wildman–Crippen MR) is 118 cm³/mol. The highest BCUT2D eigenvalue weighted by molar-refractivity contribution is 14.0. The fourth-order valence-corrected chi connectivity index (χ4v) is 3.07. The van der Waals surface area contributed by atoms with Crippen molar-refractivity contribution in [3.05, 3.63) is 65.1 Å². The smallest absolute Gasteiger partial charge is 0.236 e. The number of aliphatic imine (C=N–C) groups is 1. The van der Waals surface area contributed by atoms with E-state index in [0.717, 1.165) is 22.7 Å². The maximum Gasteiger partial charge on any atom is 0.236 e. The van der Waals surface area contributed by atoms with Gasteiger partial charge in [-0.2, -0.15) is 0 Å². The van der Waals surface area contributed by atoms with Gasteiger partial charge in [0.1, 0.15) is 17.8 Å². The van der Waals surface area contributed by atoms with E-state index in [1.165, 1.54) is 6.07 Å². The highest BCUT2D eigenvalue weighted by Gasteiger charge is 2.07. The van der Waals surface area contributed by atoms with Gasteiger partial charge in [-0.25, -0.2) is 14.4 Å². The minimum absolute atomic E-state index is 0. The maximum atomic E-state index is 13.2. The van der Waals surface area contributed by atoms with Crippen LogP contribution < -0.4 is 10.6 Å². The lowest BCUT2D eigenvalue weighted by Crippen LogP contribution is -2.38. The number of guanidine groups is 1. The SMILES string of the molecule is CCNC(=NCc1coc(-c2cccs2)n1)NCCc1cccc(F)c1.I. The van der Waals surface area contributed by atoms with Crippen molar-refractivity contribution < 1.29 is 8.81 Å². The molecule has 1 aromatic carbocycles. The molecule has 0 amide bonds. The van der Waals surface area contributed by atoms with E-state index in [-0.39, 0.29) is 29.8 Å². The molecule has 5 nitrogen and oxygen atoms in total. The second kappa shape index (κ2) is 11.0. The number of hydrogen-bond acceptors (Lipinski definition) is 4. The van der Waals surface area contributed by atoms with Crippen LogP contribution in [0.3, 0.4) is 0 Å². The third-order valence-electron chi connectivity index (χ3n) is 3.62. The van der Waals surface area contributed by atoms with Gasteiger partial charge in [-0.3, -0.25) is 0 Å². The summed E-state index contributed by atoms with van der Waals surface area (Å²) >= 11 is 1.59. The van der Waals surface area contributed by atoms with Crippen LogP contribution in [-0.2, 0) is 13.0 Å². The number of nitrogens with zero attached hydrogens (tertiary/aromatic N) is 2. The number of thiophene rings is 1. The number of benzene rings is 1. The van der Waals surface area contributed by atoms with E-state index in [9.17, 15) is 4.39 Å². The summed E-state index contributed by atoms with van der Waals surface area (Å²) in [6, 6.07) is 10.6. The Kier molecular flexibility index (Phi) is 8.73. The molecular weight excluding hydrogens is 478 g/mol. The van der Waals surface area contributed by atoms with E-state index in [4.69, 9.17) is 4.42 Å². The van der Waals surface area contributed by atoms with Crippen molar-refractivity contribution in [2.75, 3.05) is 13.1 Å². The maximum absolute atomic E-state index is 13.2. The van der Waals surface area contributed by atoms with Gasteiger partial charge in [0.05, 0.1) is 11.4 Å². The van der Waals surface area contributed by atoms with Crippen molar-refractivity contribution in [3.8, 4) is 10.8 Å². The van der Waals surface area contributed by atoms with Gasteiger partial charge >= 0.3 is 0 Å². The lowest BCUT2D eigenvalue weighted by molar-refractivity contribution is 0.574. The summed E-state index contributed by atoms with van der Waals surface area (Å²) in [6.45, 7) is 3.85. The van der Waals surface area contributed by atoms with Gasteiger partial charge in [0.25, 0.3) is 0 Å². The van der Waals surface area contributed by atoms with Crippen LogP contribution in [0.15, 0.2) is 57.5 Å². The first kappa shape index (κ1) is 21.4. The lowest BCUT2D eigenvalue weighted by Gasteiger charge is -2.11. The van der Waals surface area contributed by atoms with Crippen LogP contribution in [0.4, 0.5) is 4.39 Å². The molecule has 0 fully saturated rings. The molecule has 3 rings (SSSR count). The highest BCUT2D eigenvalue weighted by Crippen LogP contribution is 2.23. The summed E-state index contributed by atoms with van der Waals surface area (Å²) in [7, 11) is 0. The number of hydrogen-bond donors (Lipinski definition) is 2. The summed E-state index contributed by atoms with van der Waals surface area (Å²) in [4.78, 5) is 9.99. The molecule has 27 heavy (non-hydrogen) atoms. The molecule has 2 aromatic heterocycles. The Hall–Kier alpha value is -1.94. The van der Waals surface area contributed by atoms with E-state index in [0.29, 0.717) is 31.4 Å². The van der Waals surface area contributed by atoms with Crippen LogP contribution in [0.5, 0.6) is 0 Å². The molecule has 0 aliphatic heterocycles. The van der Waals surface area contributed by atoms with Crippen LogP contribution in [0.25, 0.3) is 10.8 Å². The van der Waals surface area contributed by atoms with E-state index >= 15 is 0 Å². The highest BCUT2D eigenvalue weighted by atomic mass is 127. The van der Waals surface area contributed by atoms with Crippen LogP contribution in [-0.4, -0.2) is 24.0 Å². The van der Waals surface area contributed by atoms with E-state index in [1.807, 2.05) is 30.5 Å². The molecule has 0 unspecified atom stereocenters. The van der Waals surface area contributed by atoms with Crippen molar-refractivity contribution in [3.63, 3.8) is 0 Å². The molecule has 0 aliphatic carbocycles. The van der Waals surface area contributed by atoms with E-state index < -0.39 is 0 Å². The van der Waals surface area contributed by atoms with Gasteiger partial charge in [0.15, 0.2) is 5.96 Å². The molecule has 0 saturated heterocycles. The first-order valence-electron chi connectivity index (χ1n) is 8.49. The Morgan fingerprint density at radius 2 is 2.15 bits per heavy atom. The normalized spacial score (nSPS) is 11.1. The van der Waals surface area contributed by atoms with Gasteiger partial charge in [-0.1, -0.05) is 18.2 Å². The first-order chi connectivity index (χ1) is 12.7. The zero-order valence-electron chi connectivity index (χ0n) is 14.9. The molecule has 0 atom stereocenters. The monoisotopic (exact) mass is 500 g/mol. The second-order valence-electron chi connectivity index (χ2n) is 5.62. The molecule has 2 N–H and O–H groups in total. The number of halogens is 2. The van der Waals surface area contributed by atoms with Crippen molar-refractivity contribution in [2.45, 2.75) is 19.9 Å². The summed E-state index contributed by atoms with van der Waals surface area (Å²) in [5, 5.41) is 8.44. The van der Waals surface area contributed by atoms with Crippen LogP contribution in [0, 0.1) is 5.82 Å². The van der Waals surface area contributed by atoms with Crippen molar-refractivity contribution in [1.29, 1.82) is 0 Å². The average molecular weight is 500 g/mol. The Labute approximate surface area is 179 Å². The topological polar surface area (TPSA) is 62.5 Å². The van der Waals surface area contributed by atoms with Crippen molar-refractivity contribution in [2.24, 2.45) is 4.99 Å². The summed E-state index contributed by atoms with van der Waals surface area (Å²) in [5.41, 5.74) is 1.72. The molecule has 144 valence electrons. The predicted octanol–water partition coefficient (Wildman–Crippen LogP) is 4.46. The van der Waals surface area contributed by atoms with Gasteiger partial charge in [0, 0.05) is 13.1 Å². The van der Waals surface area contributed by atoms with Crippen LogP contribution in [0.1, 0.15) is 18.2 Å². The summed E-state index contributed by atoms with van der Waals surface area (Å²) in [5.74, 6) is 1.11. The molecule has 0 aliphatic rings. The standard InChI is InChI=1S/C19H21FN4OS.HI/c1-2-21-19(22-9-8-14-5-3-6-15(20)11-14)23-12-16-13-25-18(24-16)17-7-4-10-26-17;/h3-7,10-11,13H,2,8-9,12H2,1H3,(H2,21,22,23);1H. The molecule has 0 radical (unpaired) electrons. The van der Waals surface area contributed by atoms with Gasteiger partial charge in [-0.05, 0) is 42.5 Å². The molecule has 0 spiro atoms. The molecule has 8 heteroatoms. The molecule has 3 aromatic rings. The quantitative estimate of drug-likeness (QED) is 0.286. The van der Waals surface area contributed by atoms with E-state index in [1.54, 1.807) is 29.7 Å². The van der Waals surface area contributed by atoms with Gasteiger partial charge < -0.3 is 15.1 Å². The number of nitrogens with one attached hydrogen (secondary N) is 2. The Morgan fingerprint density at radius 3 is 2.89 bits per heavy atom. The third-order valence-corrected chi connectivity index (χ3v) is 4.48. The molecule has 2 heterocycles. The second-order valence-corrected chi connectivity index (χ2v) is 6.57. The zero-order valence-corrected chi connectivity index (χ0v) is 18.1. The lowest BCUT2D eigenvalue weighted by atomic mass is 10.1. The average Bonchev–Trinajstić information content (AvgIpc) is 3.31. The largest absolute Gasteiger partial charge is 0.443 e.